The number of rotatable bonds is 5. The average molecular weight is 224 g/mol. The van der Waals surface area contributed by atoms with Gasteiger partial charge >= 0.3 is 0 Å². The highest BCUT2D eigenvalue weighted by molar-refractivity contribution is 5.04. The molecule has 2 atom stereocenters. The summed E-state index contributed by atoms with van der Waals surface area (Å²) in [5.74, 6) is 2.80. The minimum absolute atomic E-state index is 0.0431. The van der Waals surface area contributed by atoms with E-state index in [9.17, 15) is 0 Å². The predicted octanol–water partition coefficient (Wildman–Crippen LogP) is 1.10. The van der Waals surface area contributed by atoms with Gasteiger partial charge in [-0.15, -0.1) is 6.42 Å². The minimum Gasteiger partial charge on any atom is -0.373 e. The maximum Gasteiger partial charge on any atom is 0.0967 e. The van der Waals surface area contributed by atoms with Gasteiger partial charge in [0.15, 0.2) is 0 Å². The maximum atomic E-state index is 5.76. The van der Waals surface area contributed by atoms with Crippen molar-refractivity contribution in [2.24, 2.45) is 0 Å². The topological polar surface area (TPSA) is 24.5 Å². The van der Waals surface area contributed by atoms with Gasteiger partial charge in [0.25, 0.3) is 0 Å². The molecule has 1 aliphatic heterocycles. The Hall–Kier alpha value is -0.560. The van der Waals surface area contributed by atoms with Gasteiger partial charge in [-0.3, -0.25) is 4.90 Å². The van der Waals surface area contributed by atoms with E-state index < -0.39 is 0 Å². The molecule has 0 radical (unpaired) electrons. The Bertz CT molecular complexity index is 235. The molecule has 0 amide bonds. The molecule has 0 aromatic rings. The Morgan fingerprint density at radius 2 is 2.31 bits per heavy atom. The molecule has 1 aliphatic rings. The third kappa shape index (κ3) is 3.79. The van der Waals surface area contributed by atoms with E-state index in [1.54, 1.807) is 0 Å². The summed E-state index contributed by atoms with van der Waals surface area (Å²) in [6.07, 6.45) is 6.78. The first-order chi connectivity index (χ1) is 7.69. The van der Waals surface area contributed by atoms with E-state index >= 15 is 0 Å². The van der Waals surface area contributed by atoms with E-state index in [1.165, 1.54) is 0 Å². The van der Waals surface area contributed by atoms with Gasteiger partial charge in [0.05, 0.1) is 18.8 Å². The van der Waals surface area contributed by atoms with Crippen molar-refractivity contribution in [2.45, 2.75) is 45.4 Å². The summed E-state index contributed by atoms with van der Waals surface area (Å²) in [4.78, 5) is 2.42. The van der Waals surface area contributed by atoms with E-state index in [2.05, 4.69) is 36.9 Å². The van der Waals surface area contributed by atoms with Crippen LogP contribution in [0.2, 0.25) is 0 Å². The van der Waals surface area contributed by atoms with Crippen LogP contribution >= 0.6 is 0 Å². The third-order valence-electron chi connectivity index (χ3n) is 3.02. The second-order valence-electron chi connectivity index (χ2n) is 4.60. The molecule has 0 spiro atoms. The largest absolute Gasteiger partial charge is 0.373 e. The molecule has 1 saturated heterocycles. The van der Waals surface area contributed by atoms with Crippen molar-refractivity contribution in [3.63, 3.8) is 0 Å². The van der Waals surface area contributed by atoms with E-state index in [-0.39, 0.29) is 12.1 Å². The Kier molecular flexibility index (Phi) is 5.83. The van der Waals surface area contributed by atoms with E-state index in [4.69, 9.17) is 11.2 Å². The highest BCUT2D eigenvalue weighted by Crippen LogP contribution is 2.11. The second kappa shape index (κ2) is 6.90. The lowest BCUT2D eigenvalue weighted by atomic mass is 10.1. The molecule has 0 aromatic heterocycles. The highest BCUT2D eigenvalue weighted by atomic mass is 16.5. The van der Waals surface area contributed by atoms with Crippen molar-refractivity contribution in [1.82, 2.24) is 10.2 Å². The molecule has 1 heterocycles. The van der Waals surface area contributed by atoms with Crippen LogP contribution in [-0.2, 0) is 4.74 Å². The second-order valence-corrected chi connectivity index (χ2v) is 4.60. The van der Waals surface area contributed by atoms with Gasteiger partial charge in [0.1, 0.15) is 0 Å². The van der Waals surface area contributed by atoms with Crippen molar-refractivity contribution < 1.29 is 4.74 Å². The molecule has 2 unspecified atom stereocenters. The van der Waals surface area contributed by atoms with Crippen LogP contribution in [0.4, 0.5) is 0 Å². The Labute approximate surface area is 99.5 Å². The molecule has 16 heavy (non-hydrogen) atoms. The van der Waals surface area contributed by atoms with E-state index in [1.807, 2.05) is 0 Å². The number of nitrogens with zero attached hydrogens (tertiary/aromatic N) is 1. The van der Waals surface area contributed by atoms with E-state index in [0.717, 1.165) is 32.7 Å². The quantitative estimate of drug-likeness (QED) is 0.708. The first kappa shape index (κ1) is 13.5. The van der Waals surface area contributed by atoms with Crippen molar-refractivity contribution in [2.75, 3.05) is 26.2 Å². The zero-order chi connectivity index (χ0) is 12.0. The lowest BCUT2D eigenvalue weighted by molar-refractivity contribution is -0.0467. The van der Waals surface area contributed by atoms with Crippen LogP contribution in [0, 0.1) is 12.3 Å². The van der Waals surface area contributed by atoms with Crippen LogP contribution in [0.5, 0.6) is 0 Å². The average Bonchev–Trinajstić information content (AvgIpc) is 2.30. The zero-order valence-corrected chi connectivity index (χ0v) is 10.7. The zero-order valence-electron chi connectivity index (χ0n) is 10.7. The molecular weight excluding hydrogens is 200 g/mol. The molecule has 0 saturated carbocycles. The fraction of sp³-hybridized carbons (Fsp3) is 0.846. The molecule has 1 fully saturated rings. The molecule has 3 nitrogen and oxygen atoms in total. The number of hydrogen-bond donors (Lipinski definition) is 1. The number of ether oxygens (including phenoxy) is 1. The Morgan fingerprint density at radius 1 is 1.56 bits per heavy atom. The normalized spacial score (nSPS) is 24.3. The van der Waals surface area contributed by atoms with Crippen molar-refractivity contribution in [3.05, 3.63) is 0 Å². The molecule has 3 heteroatoms. The lowest BCUT2D eigenvalue weighted by Gasteiger charge is -2.37. The van der Waals surface area contributed by atoms with Gasteiger partial charge in [-0.2, -0.15) is 0 Å². The summed E-state index contributed by atoms with van der Waals surface area (Å²) in [6.45, 7) is 10.3. The fourth-order valence-corrected chi connectivity index (χ4v) is 1.96. The van der Waals surface area contributed by atoms with Crippen LogP contribution in [0.15, 0.2) is 0 Å². The van der Waals surface area contributed by atoms with Gasteiger partial charge in [-0.1, -0.05) is 12.8 Å². The Morgan fingerprint density at radius 3 is 2.88 bits per heavy atom. The van der Waals surface area contributed by atoms with Crippen molar-refractivity contribution >= 4 is 0 Å². The summed E-state index contributed by atoms with van der Waals surface area (Å²) < 4.78 is 5.76. The van der Waals surface area contributed by atoms with Crippen molar-refractivity contribution in [1.29, 1.82) is 0 Å². The smallest absolute Gasteiger partial charge is 0.0967 e. The molecule has 0 bridgehead atoms. The monoisotopic (exact) mass is 224 g/mol. The van der Waals surface area contributed by atoms with Gasteiger partial charge in [-0.25, -0.2) is 0 Å². The van der Waals surface area contributed by atoms with E-state index in [0.29, 0.717) is 6.04 Å². The highest BCUT2D eigenvalue weighted by Gasteiger charge is 2.27. The number of morpholine rings is 1. The van der Waals surface area contributed by atoms with Crippen LogP contribution in [0.3, 0.4) is 0 Å². The van der Waals surface area contributed by atoms with Gasteiger partial charge in [0.2, 0.25) is 0 Å². The van der Waals surface area contributed by atoms with Gasteiger partial charge in [0, 0.05) is 19.1 Å². The van der Waals surface area contributed by atoms with Gasteiger partial charge < -0.3 is 10.1 Å². The first-order valence-electron chi connectivity index (χ1n) is 6.24. The minimum atomic E-state index is 0.0431. The fourth-order valence-electron chi connectivity index (χ4n) is 1.96. The molecular formula is C13H24N2O. The van der Waals surface area contributed by atoms with Crippen LogP contribution in [0.25, 0.3) is 0 Å². The van der Waals surface area contributed by atoms with Gasteiger partial charge in [-0.05, 0) is 26.8 Å². The SMILES string of the molecule is C#CC(NCCC)C1CN(C(C)C)CCO1. The lowest BCUT2D eigenvalue weighted by Crippen LogP contribution is -2.53. The summed E-state index contributed by atoms with van der Waals surface area (Å²) in [5.41, 5.74) is 0. The maximum absolute atomic E-state index is 5.76. The third-order valence-corrected chi connectivity index (χ3v) is 3.02. The Balaban J connectivity index is 2.47. The van der Waals surface area contributed by atoms with Crippen molar-refractivity contribution in [3.8, 4) is 12.3 Å². The van der Waals surface area contributed by atoms with Crippen LogP contribution in [0.1, 0.15) is 27.2 Å². The number of hydrogen-bond acceptors (Lipinski definition) is 3. The number of terminal acetylenes is 1. The summed E-state index contributed by atoms with van der Waals surface area (Å²) in [5, 5.41) is 3.36. The molecule has 0 aromatic carbocycles. The predicted molar refractivity (Wildman–Crippen MR) is 67.4 cm³/mol. The summed E-state index contributed by atoms with van der Waals surface area (Å²) in [7, 11) is 0. The standard InChI is InChI=1S/C13H24N2O/c1-5-7-14-12(6-2)13-10-15(11(3)4)8-9-16-13/h2,11-14H,5,7-10H2,1,3-4H3. The molecule has 1 rings (SSSR count). The molecule has 1 N–H and O–H groups in total. The van der Waals surface area contributed by atoms with Crippen LogP contribution in [-0.4, -0.2) is 49.3 Å². The molecule has 92 valence electrons. The summed E-state index contributed by atoms with van der Waals surface area (Å²) in [6, 6.07) is 0.609. The summed E-state index contributed by atoms with van der Waals surface area (Å²) >= 11 is 0. The number of nitrogens with one attached hydrogen (secondary N) is 1. The van der Waals surface area contributed by atoms with Crippen LogP contribution < -0.4 is 5.32 Å². The molecule has 0 aliphatic carbocycles. The first-order valence-corrected chi connectivity index (χ1v) is 6.24.